The van der Waals surface area contributed by atoms with Gasteiger partial charge >= 0.3 is 0 Å². The molecule has 2 heterocycles. The summed E-state index contributed by atoms with van der Waals surface area (Å²) in [6.07, 6.45) is 3.11. The minimum atomic E-state index is -4.07. The van der Waals surface area contributed by atoms with Crippen molar-refractivity contribution in [1.82, 2.24) is 0 Å². The van der Waals surface area contributed by atoms with Crippen molar-refractivity contribution in [3.05, 3.63) is 80.7 Å². The average molecular weight is 673 g/mol. The van der Waals surface area contributed by atoms with Crippen LogP contribution >= 0.6 is 58.3 Å². The van der Waals surface area contributed by atoms with E-state index in [9.17, 15) is 13.0 Å². The largest absolute Gasteiger partial charge is 0.335 e. The maximum Gasteiger partial charge on any atom is 0.265 e. The third kappa shape index (κ3) is 7.77. The number of nitrogens with zero attached hydrogens (tertiary/aromatic N) is 2. The molecule has 0 unspecified atom stereocenters. The predicted octanol–water partition coefficient (Wildman–Crippen LogP) is 7.81. The Labute approximate surface area is 260 Å². The van der Waals surface area contributed by atoms with Crippen LogP contribution in [0.4, 0.5) is 5.69 Å². The van der Waals surface area contributed by atoms with E-state index in [0.29, 0.717) is 28.9 Å². The molecule has 0 fully saturated rings. The molecule has 0 bridgehead atoms. The molecular formula is C27H25Cl2N2O6S4+. The van der Waals surface area contributed by atoms with Gasteiger partial charge in [0.05, 0.1) is 22.5 Å². The molecule has 0 aliphatic carbocycles. The quantitative estimate of drug-likeness (QED) is 0.0390. The summed E-state index contributed by atoms with van der Waals surface area (Å²) in [4.78, 5) is 3.07. The van der Waals surface area contributed by atoms with Crippen molar-refractivity contribution in [2.75, 3.05) is 23.0 Å². The van der Waals surface area contributed by atoms with Crippen LogP contribution in [0.1, 0.15) is 17.8 Å². The molecule has 14 heteroatoms. The molecule has 5 rings (SSSR count). The van der Waals surface area contributed by atoms with Crippen LogP contribution in [0.25, 0.3) is 27.4 Å². The number of hydrogen-bond acceptors (Lipinski definition) is 9. The van der Waals surface area contributed by atoms with Crippen LogP contribution in [-0.4, -0.2) is 36.3 Å². The first-order chi connectivity index (χ1) is 19.7. The SMILES string of the molecule is O=S(=O)(O)CCCN1C(=Cc2sc3ccc(-c4ccc(Cl)cc4)cc3[n+]2CCCSOOO)Sc2ccc(Cl)cc21. The van der Waals surface area contributed by atoms with Crippen LogP contribution in [-0.2, 0) is 26.0 Å². The Morgan fingerprint density at radius 2 is 1.76 bits per heavy atom. The first kappa shape index (κ1) is 30.6. The number of hydrogen-bond donors (Lipinski definition) is 2. The zero-order valence-corrected chi connectivity index (χ0v) is 26.2. The van der Waals surface area contributed by atoms with Crippen molar-refractivity contribution in [3.8, 4) is 11.1 Å². The summed E-state index contributed by atoms with van der Waals surface area (Å²) in [6, 6.07) is 19.8. The second kappa shape index (κ2) is 13.6. The van der Waals surface area contributed by atoms with Gasteiger partial charge in [-0.15, -0.1) is 4.33 Å². The third-order valence-electron chi connectivity index (χ3n) is 6.32. The summed E-state index contributed by atoms with van der Waals surface area (Å²) < 4.78 is 40.0. The van der Waals surface area contributed by atoms with Gasteiger partial charge in [0.1, 0.15) is 4.70 Å². The second-order valence-corrected chi connectivity index (χ2v) is 14.4. The van der Waals surface area contributed by atoms with Crippen molar-refractivity contribution >= 4 is 90.4 Å². The smallest absolute Gasteiger partial charge is 0.265 e. The Hall–Kier alpha value is -1.84. The Bertz CT molecular complexity index is 1680. The molecule has 1 aliphatic heterocycles. The van der Waals surface area contributed by atoms with Crippen molar-refractivity contribution in [2.24, 2.45) is 0 Å². The van der Waals surface area contributed by atoms with E-state index in [1.54, 1.807) is 23.1 Å². The molecule has 0 saturated carbocycles. The lowest BCUT2D eigenvalue weighted by molar-refractivity contribution is -0.668. The molecule has 8 nitrogen and oxygen atoms in total. The van der Waals surface area contributed by atoms with Crippen molar-refractivity contribution in [1.29, 1.82) is 0 Å². The maximum absolute atomic E-state index is 11.4. The molecule has 2 N–H and O–H groups in total. The zero-order chi connectivity index (χ0) is 29.0. The van der Waals surface area contributed by atoms with E-state index in [4.69, 9.17) is 28.5 Å². The minimum Gasteiger partial charge on any atom is -0.335 e. The summed E-state index contributed by atoms with van der Waals surface area (Å²) in [5, 5.41) is 15.4. The van der Waals surface area contributed by atoms with E-state index < -0.39 is 10.1 Å². The van der Waals surface area contributed by atoms with Gasteiger partial charge < -0.3 is 4.90 Å². The molecular weight excluding hydrogens is 647 g/mol. The highest BCUT2D eigenvalue weighted by Gasteiger charge is 2.28. The number of thiazole rings is 1. The van der Waals surface area contributed by atoms with E-state index in [-0.39, 0.29) is 12.2 Å². The number of benzene rings is 3. The van der Waals surface area contributed by atoms with E-state index in [1.807, 2.05) is 47.4 Å². The highest BCUT2D eigenvalue weighted by atomic mass is 35.5. The Balaban J connectivity index is 1.53. The fourth-order valence-corrected chi connectivity index (χ4v) is 7.95. The number of anilines is 1. The van der Waals surface area contributed by atoms with Gasteiger partial charge in [-0.05, 0) is 53.9 Å². The van der Waals surface area contributed by atoms with Crippen LogP contribution in [0.2, 0.25) is 10.0 Å². The van der Waals surface area contributed by atoms with Gasteiger partial charge in [-0.25, -0.2) is 5.26 Å². The molecule has 0 atom stereocenters. The molecule has 0 spiro atoms. The van der Waals surface area contributed by atoms with Crippen LogP contribution < -0.4 is 9.47 Å². The number of thioether (sulfide) groups is 1. The lowest BCUT2D eigenvalue weighted by atomic mass is 10.1. The Kier molecular flexibility index (Phi) is 10.2. The van der Waals surface area contributed by atoms with Crippen LogP contribution in [0.5, 0.6) is 0 Å². The molecule has 3 aromatic carbocycles. The minimum absolute atomic E-state index is 0.254. The number of rotatable bonds is 12. The van der Waals surface area contributed by atoms with Crippen molar-refractivity contribution in [2.45, 2.75) is 24.3 Å². The van der Waals surface area contributed by atoms with Crippen LogP contribution in [0, 0.1) is 0 Å². The number of halogens is 2. The first-order valence-electron chi connectivity index (χ1n) is 12.5. The highest BCUT2D eigenvalue weighted by molar-refractivity contribution is 8.04. The number of aryl methyl sites for hydroxylation is 1. The van der Waals surface area contributed by atoms with Gasteiger partial charge in [0.15, 0.2) is 6.54 Å². The Morgan fingerprint density at radius 1 is 1.00 bits per heavy atom. The normalized spacial score (nSPS) is 14.3. The average Bonchev–Trinajstić information content (AvgIpc) is 3.45. The summed E-state index contributed by atoms with van der Waals surface area (Å²) >= 11 is 16.7. The summed E-state index contributed by atoms with van der Waals surface area (Å²) in [7, 11) is -4.07. The van der Waals surface area contributed by atoms with Gasteiger partial charge in [0, 0.05) is 51.8 Å². The van der Waals surface area contributed by atoms with Gasteiger partial charge in [-0.2, -0.15) is 13.0 Å². The number of aromatic nitrogens is 1. The van der Waals surface area contributed by atoms with Gasteiger partial charge in [0.25, 0.3) is 15.1 Å². The van der Waals surface area contributed by atoms with E-state index in [0.717, 1.165) is 60.4 Å². The molecule has 216 valence electrons. The third-order valence-corrected chi connectivity index (χ3v) is 10.4. The molecule has 0 amide bonds. The lowest BCUT2D eigenvalue weighted by Crippen LogP contribution is -2.35. The summed E-state index contributed by atoms with van der Waals surface area (Å²) in [5.74, 6) is 0.267. The maximum atomic E-state index is 11.4. The van der Waals surface area contributed by atoms with Crippen molar-refractivity contribution < 1.29 is 32.2 Å². The van der Waals surface area contributed by atoms with Gasteiger partial charge in [0.2, 0.25) is 5.52 Å². The standard InChI is InChI=1S/C27H24Cl2N2O6S4/c28-20-6-3-18(4-7-20)19-5-9-24-22(15-19)30(11-1-13-38-37-36-32)26(39-24)17-27-31(12-2-14-41(33,34)35)23-16-21(29)8-10-25(23)40-27/h3-10,15-17H,1-2,11-14H2,(H-,32,33,34,35)/p+1. The summed E-state index contributed by atoms with van der Waals surface area (Å²) in [5.41, 5.74) is 4.09. The van der Waals surface area contributed by atoms with Gasteiger partial charge in [-0.1, -0.05) is 69.5 Å². The Morgan fingerprint density at radius 3 is 2.51 bits per heavy atom. The molecule has 0 radical (unpaired) electrons. The predicted molar refractivity (Wildman–Crippen MR) is 168 cm³/mol. The molecule has 1 aliphatic rings. The van der Waals surface area contributed by atoms with Crippen molar-refractivity contribution in [3.63, 3.8) is 0 Å². The topological polar surface area (TPSA) is 100 Å². The van der Waals surface area contributed by atoms with Crippen LogP contribution in [0.3, 0.4) is 0 Å². The van der Waals surface area contributed by atoms with Crippen LogP contribution in [0.15, 0.2) is 70.6 Å². The van der Waals surface area contributed by atoms with Gasteiger partial charge in [-0.3, -0.25) is 4.55 Å². The molecule has 0 saturated heterocycles. The second-order valence-electron chi connectivity index (χ2n) is 9.09. The monoisotopic (exact) mass is 671 g/mol. The highest BCUT2D eigenvalue weighted by Crippen LogP contribution is 2.48. The van der Waals surface area contributed by atoms with E-state index in [1.165, 1.54) is 0 Å². The molecule has 41 heavy (non-hydrogen) atoms. The van der Waals surface area contributed by atoms with E-state index in [2.05, 4.69) is 38.2 Å². The zero-order valence-electron chi connectivity index (χ0n) is 21.4. The molecule has 4 aromatic rings. The summed E-state index contributed by atoms with van der Waals surface area (Å²) in [6.45, 7) is 1.07. The fraction of sp³-hybridized carbons (Fsp3) is 0.222. The lowest BCUT2D eigenvalue weighted by Gasteiger charge is -2.20. The first-order valence-corrected chi connectivity index (χ1v) is 17.4. The van der Waals surface area contributed by atoms with E-state index >= 15 is 0 Å². The molecule has 1 aromatic heterocycles. The number of fused-ring (bicyclic) bond motifs is 2. The fourth-order valence-electron chi connectivity index (χ4n) is 4.52.